The van der Waals surface area contributed by atoms with Crippen LogP contribution in [0.25, 0.3) is 11.0 Å². The second kappa shape index (κ2) is 5.13. The highest BCUT2D eigenvalue weighted by Gasteiger charge is 2.26. The average Bonchev–Trinajstić information content (AvgIpc) is 2.92. The molecule has 0 aliphatic rings. The first-order valence-corrected chi connectivity index (χ1v) is 6.24. The van der Waals surface area contributed by atoms with E-state index in [4.69, 9.17) is 4.74 Å². The summed E-state index contributed by atoms with van der Waals surface area (Å²) in [5, 5.41) is 8.19. The summed E-state index contributed by atoms with van der Waals surface area (Å²) in [6, 6.07) is 16.3. The molecule has 0 aliphatic heterocycles. The Morgan fingerprint density at radius 1 is 1.10 bits per heavy atom. The summed E-state index contributed by atoms with van der Waals surface area (Å²) in [5.41, 5.74) is 2.36. The fourth-order valence-electron chi connectivity index (χ4n) is 2.20. The van der Waals surface area contributed by atoms with Crippen molar-refractivity contribution in [2.24, 2.45) is 0 Å². The number of esters is 1. The van der Waals surface area contributed by atoms with E-state index in [0.717, 1.165) is 16.6 Å². The van der Waals surface area contributed by atoms with Crippen LogP contribution in [-0.2, 0) is 9.53 Å². The Kier molecular flexibility index (Phi) is 3.16. The third-order valence-corrected chi connectivity index (χ3v) is 3.16. The van der Waals surface area contributed by atoms with Gasteiger partial charge in [-0.2, -0.15) is 0 Å². The minimum Gasteiger partial charge on any atom is -0.467 e. The normalized spacial score (nSPS) is 12.2. The first-order chi connectivity index (χ1) is 9.81. The van der Waals surface area contributed by atoms with Gasteiger partial charge in [0.25, 0.3) is 0 Å². The fraction of sp³-hybridized carbons (Fsp3) is 0.133. The minimum atomic E-state index is -0.631. The van der Waals surface area contributed by atoms with Gasteiger partial charge >= 0.3 is 5.97 Å². The number of nitrogens with zero attached hydrogens (tertiary/aromatic N) is 3. The van der Waals surface area contributed by atoms with Crippen molar-refractivity contribution in [2.75, 3.05) is 7.11 Å². The van der Waals surface area contributed by atoms with Crippen LogP contribution in [0.15, 0.2) is 54.6 Å². The van der Waals surface area contributed by atoms with E-state index >= 15 is 0 Å². The molecule has 20 heavy (non-hydrogen) atoms. The van der Waals surface area contributed by atoms with Crippen LogP contribution in [0.2, 0.25) is 0 Å². The highest BCUT2D eigenvalue weighted by atomic mass is 16.5. The van der Waals surface area contributed by atoms with E-state index in [0.29, 0.717) is 0 Å². The summed E-state index contributed by atoms with van der Waals surface area (Å²) in [7, 11) is 1.37. The van der Waals surface area contributed by atoms with Crippen LogP contribution >= 0.6 is 0 Å². The van der Waals surface area contributed by atoms with Gasteiger partial charge in [-0.05, 0) is 17.7 Å². The lowest BCUT2D eigenvalue weighted by atomic mass is 10.1. The number of ether oxygens (including phenoxy) is 1. The molecule has 1 heterocycles. The van der Waals surface area contributed by atoms with Crippen LogP contribution in [0.5, 0.6) is 0 Å². The van der Waals surface area contributed by atoms with Gasteiger partial charge in [0.15, 0.2) is 6.04 Å². The van der Waals surface area contributed by atoms with Crippen LogP contribution in [0, 0.1) is 0 Å². The van der Waals surface area contributed by atoms with E-state index in [2.05, 4.69) is 10.3 Å². The van der Waals surface area contributed by atoms with Gasteiger partial charge in [0, 0.05) is 0 Å². The van der Waals surface area contributed by atoms with Crippen molar-refractivity contribution >= 4 is 17.0 Å². The summed E-state index contributed by atoms with van der Waals surface area (Å²) < 4.78 is 6.51. The van der Waals surface area contributed by atoms with Crippen molar-refractivity contribution in [1.82, 2.24) is 15.0 Å². The number of hydrogen-bond donors (Lipinski definition) is 0. The van der Waals surface area contributed by atoms with Crippen LogP contribution in [0.1, 0.15) is 11.6 Å². The first-order valence-electron chi connectivity index (χ1n) is 6.24. The molecule has 0 bridgehead atoms. The Hall–Kier alpha value is -2.69. The molecular weight excluding hydrogens is 254 g/mol. The maximum atomic E-state index is 12.1. The van der Waals surface area contributed by atoms with E-state index in [1.54, 1.807) is 4.68 Å². The number of methoxy groups -OCH3 is 1. The van der Waals surface area contributed by atoms with Gasteiger partial charge in [-0.25, -0.2) is 9.48 Å². The summed E-state index contributed by atoms with van der Waals surface area (Å²) in [6.07, 6.45) is 0. The van der Waals surface area contributed by atoms with E-state index in [1.165, 1.54) is 7.11 Å². The largest absolute Gasteiger partial charge is 0.467 e. The van der Waals surface area contributed by atoms with Crippen LogP contribution in [0.3, 0.4) is 0 Å². The first kappa shape index (κ1) is 12.3. The van der Waals surface area contributed by atoms with Gasteiger partial charge in [-0.15, -0.1) is 5.10 Å². The van der Waals surface area contributed by atoms with E-state index < -0.39 is 6.04 Å². The molecule has 2 aromatic carbocycles. The molecule has 0 saturated carbocycles. The third-order valence-electron chi connectivity index (χ3n) is 3.16. The standard InChI is InChI=1S/C15H13N3O2/c1-20-15(19)14(11-7-3-2-4-8-11)18-13-10-6-5-9-12(13)16-17-18/h2-10,14H,1H3/t14-/m0/s1. The molecule has 0 aliphatic carbocycles. The van der Waals surface area contributed by atoms with Gasteiger partial charge in [0.05, 0.1) is 12.6 Å². The third kappa shape index (κ3) is 2.03. The molecule has 1 atom stereocenters. The topological polar surface area (TPSA) is 57.0 Å². The molecule has 5 nitrogen and oxygen atoms in total. The lowest BCUT2D eigenvalue weighted by Gasteiger charge is -2.15. The van der Waals surface area contributed by atoms with Crippen molar-refractivity contribution in [3.63, 3.8) is 0 Å². The quantitative estimate of drug-likeness (QED) is 0.683. The molecule has 0 N–H and O–H groups in total. The van der Waals surface area contributed by atoms with Gasteiger partial charge in [-0.1, -0.05) is 47.7 Å². The van der Waals surface area contributed by atoms with Crippen molar-refractivity contribution in [1.29, 1.82) is 0 Å². The van der Waals surface area contributed by atoms with Crippen molar-refractivity contribution in [2.45, 2.75) is 6.04 Å². The number of benzene rings is 2. The Bertz CT molecular complexity index is 737. The number of rotatable bonds is 3. The molecule has 5 heteroatoms. The zero-order valence-corrected chi connectivity index (χ0v) is 10.9. The summed E-state index contributed by atoms with van der Waals surface area (Å²) >= 11 is 0. The summed E-state index contributed by atoms with van der Waals surface area (Å²) in [6.45, 7) is 0. The maximum Gasteiger partial charge on any atom is 0.335 e. The Morgan fingerprint density at radius 2 is 1.80 bits per heavy atom. The van der Waals surface area contributed by atoms with Crippen molar-refractivity contribution in [3.8, 4) is 0 Å². The second-order valence-corrected chi connectivity index (χ2v) is 4.36. The number of carbonyl (C=O) groups excluding carboxylic acids is 1. The SMILES string of the molecule is COC(=O)[C@H](c1ccccc1)n1nnc2ccccc21. The predicted molar refractivity (Wildman–Crippen MR) is 74.1 cm³/mol. The zero-order valence-electron chi connectivity index (χ0n) is 10.9. The van der Waals surface area contributed by atoms with Crippen molar-refractivity contribution in [3.05, 3.63) is 60.2 Å². The number of para-hydroxylation sites is 1. The maximum absolute atomic E-state index is 12.1. The molecular formula is C15H13N3O2. The predicted octanol–water partition coefficient (Wildman–Crippen LogP) is 2.19. The molecule has 0 unspecified atom stereocenters. The highest BCUT2D eigenvalue weighted by Crippen LogP contribution is 2.23. The molecule has 3 rings (SSSR count). The average molecular weight is 267 g/mol. The number of carbonyl (C=O) groups is 1. The molecule has 100 valence electrons. The van der Waals surface area contributed by atoms with Crippen molar-refractivity contribution < 1.29 is 9.53 Å². The smallest absolute Gasteiger partial charge is 0.335 e. The van der Waals surface area contributed by atoms with Gasteiger partial charge in [-0.3, -0.25) is 0 Å². The van der Waals surface area contributed by atoms with E-state index in [9.17, 15) is 4.79 Å². The zero-order chi connectivity index (χ0) is 13.9. The van der Waals surface area contributed by atoms with Gasteiger partial charge in [0.2, 0.25) is 0 Å². The van der Waals surface area contributed by atoms with Gasteiger partial charge < -0.3 is 4.74 Å². The molecule has 0 amide bonds. The molecule has 0 fully saturated rings. The lowest BCUT2D eigenvalue weighted by Crippen LogP contribution is -2.23. The Balaban J connectivity index is 2.17. The highest BCUT2D eigenvalue weighted by molar-refractivity contribution is 5.82. The van der Waals surface area contributed by atoms with E-state index in [1.807, 2.05) is 54.6 Å². The molecule has 0 saturated heterocycles. The summed E-state index contributed by atoms with van der Waals surface area (Å²) in [5.74, 6) is -0.369. The number of hydrogen-bond acceptors (Lipinski definition) is 4. The molecule has 0 radical (unpaired) electrons. The second-order valence-electron chi connectivity index (χ2n) is 4.36. The van der Waals surface area contributed by atoms with Crippen LogP contribution < -0.4 is 0 Å². The molecule has 3 aromatic rings. The summed E-state index contributed by atoms with van der Waals surface area (Å²) in [4.78, 5) is 12.1. The monoisotopic (exact) mass is 267 g/mol. The van der Waals surface area contributed by atoms with Crippen LogP contribution in [0.4, 0.5) is 0 Å². The fourth-order valence-corrected chi connectivity index (χ4v) is 2.20. The van der Waals surface area contributed by atoms with E-state index in [-0.39, 0.29) is 5.97 Å². The minimum absolute atomic E-state index is 0.369. The lowest BCUT2D eigenvalue weighted by molar-refractivity contribution is -0.143. The van der Waals surface area contributed by atoms with Gasteiger partial charge in [0.1, 0.15) is 5.52 Å². The Morgan fingerprint density at radius 3 is 2.55 bits per heavy atom. The molecule has 1 aromatic heterocycles. The Labute approximate surface area is 115 Å². The number of aromatic nitrogens is 3. The number of fused-ring (bicyclic) bond motifs is 1. The van der Waals surface area contributed by atoms with Crippen LogP contribution in [-0.4, -0.2) is 28.1 Å². The molecule has 0 spiro atoms.